The van der Waals surface area contributed by atoms with Crippen molar-refractivity contribution >= 4 is 11.9 Å². The van der Waals surface area contributed by atoms with Gasteiger partial charge in [0.05, 0.1) is 19.1 Å². The number of esters is 2. The quantitative estimate of drug-likeness (QED) is 0.726. The molecule has 0 radical (unpaired) electrons. The van der Waals surface area contributed by atoms with Crippen LogP contribution in [0.5, 0.6) is 0 Å². The highest BCUT2D eigenvalue weighted by Crippen LogP contribution is 2.18. The van der Waals surface area contributed by atoms with Gasteiger partial charge in [-0.25, -0.2) is 0 Å². The molecule has 1 rings (SSSR count). The molecule has 0 aromatic rings. The number of carbonyl (C=O) groups excluding carboxylic acids is 2. The highest BCUT2D eigenvalue weighted by Gasteiger charge is 2.26. The molecule has 2 unspecified atom stereocenters. The minimum Gasteiger partial charge on any atom is -0.466 e. The first kappa shape index (κ1) is 15.0. The molecule has 1 N–H and O–H groups in total. The van der Waals surface area contributed by atoms with E-state index in [1.54, 1.807) is 6.92 Å². The third-order valence-corrected chi connectivity index (χ3v) is 3.14. The summed E-state index contributed by atoms with van der Waals surface area (Å²) in [5.41, 5.74) is 0. The molecular weight excluding hydrogens is 234 g/mol. The Balaban J connectivity index is 2.19. The van der Waals surface area contributed by atoms with Crippen molar-refractivity contribution in [3.63, 3.8) is 0 Å². The van der Waals surface area contributed by atoms with Crippen molar-refractivity contribution in [2.75, 3.05) is 19.8 Å². The number of hydrogen-bond acceptors (Lipinski definition) is 5. The number of piperidine rings is 1. The molecule has 0 aliphatic carbocycles. The fourth-order valence-electron chi connectivity index (χ4n) is 2.15. The predicted octanol–water partition coefficient (Wildman–Crippen LogP) is 1.26. The fraction of sp³-hybridized carbons (Fsp3) is 0.846. The second-order valence-electron chi connectivity index (χ2n) is 4.48. The smallest absolute Gasteiger partial charge is 0.310 e. The van der Waals surface area contributed by atoms with Crippen LogP contribution in [-0.2, 0) is 19.1 Å². The number of nitrogens with one attached hydrogen (secondary N) is 1. The van der Waals surface area contributed by atoms with E-state index >= 15 is 0 Å². The third-order valence-electron chi connectivity index (χ3n) is 3.14. The molecule has 18 heavy (non-hydrogen) atoms. The van der Waals surface area contributed by atoms with Crippen LogP contribution in [0.4, 0.5) is 0 Å². The van der Waals surface area contributed by atoms with Gasteiger partial charge in [0.25, 0.3) is 0 Å². The Labute approximate surface area is 108 Å². The number of hydrogen-bond donors (Lipinski definition) is 1. The van der Waals surface area contributed by atoms with E-state index < -0.39 is 0 Å². The standard InChI is InChI=1S/C13H23NO4/c1-3-17-12(15)8-7-11-6-5-10(9-14-11)13(16)18-4-2/h10-11,14H,3-9H2,1-2H3. The van der Waals surface area contributed by atoms with Crippen LogP contribution in [0.15, 0.2) is 0 Å². The van der Waals surface area contributed by atoms with E-state index in [2.05, 4.69) is 5.32 Å². The molecule has 1 saturated heterocycles. The summed E-state index contributed by atoms with van der Waals surface area (Å²) in [5, 5.41) is 3.30. The minimum atomic E-state index is -0.146. The van der Waals surface area contributed by atoms with Gasteiger partial charge in [-0.3, -0.25) is 9.59 Å². The van der Waals surface area contributed by atoms with Crippen molar-refractivity contribution in [1.29, 1.82) is 0 Å². The lowest BCUT2D eigenvalue weighted by atomic mass is 9.92. The van der Waals surface area contributed by atoms with E-state index in [1.807, 2.05) is 6.92 Å². The largest absolute Gasteiger partial charge is 0.466 e. The van der Waals surface area contributed by atoms with E-state index in [0.717, 1.165) is 19.3 Å². The Bertz CT molecular complexity index is 272. The summed E-state index contributed by atoms with van der Waals surface area (Å²) in [4.78, 5) is 22.7. The van der Waals surface area contributed by atoms with E-state index in [1.165, 1.54) is 0 Å². The van der Waals surface area contributed by atoms with Crippen molar-refractivity contribution in [1.82, 2.24) is 5.32 Å². The van der Waals surface area contributed by atoms with E-state index in [9.17, 15) is 9.59 Å². The molecule has 1 heterocycles. The highest BCUT2D eigenvalue weighted by molar-refractivity contribution is 5.72. The Hall–Kier alpha value is -1.10. The van der Waals surface area contributed by atoms with Crippen molar-refractivity contribution in [3.05, 3.63) is 0 Å². The summed E-state index contributed by atoms with van der Waals surface area (Å²) in [6.45, 7) is 5.13. The molecule has 1 fully saturated rings. The average molecular weight is 257 g/mol. The Kier molecular flexibility index (Phi) is 6.72. The van der Waals surface area contributed by atoms with Gasteiger partial charge < -0.3 is 14.8 Å². The Morgan fingerprint density at radius 2 is 1.89 bits per heavy atom. The molecule has 0 aromatic carbocycles. The molecule has 0 amide bonds. The first-order valence-electron chi connectivity index (χ1n) is 6.73. The van der Waals surface area contributed by atoms with Gasteiger partial charge in [-0.15, -0.1) is 0 Å². The van der Waals surface area contributed by atoms with Gasteiger partial charge in [-0.1, -0.05) is 0 Å². The molecule has 5 heteroatoms. The van der Waals surface area contributed by atoms with Crippen LogP contribution in [0.3, 0.4) is 0 Å². The third kappa shape index (κ3) is 5.04. The van der Waals surface area contributed by atoms with Gasteiger partial charge >= 0.3 is 11.9 Å². The number of carbonyl (C=O) groups is 2. The van der Waals surface area contributed by atoms with Crippen molar-refractivity contribution < 1.29 is 19.1 Å². The summed E-state index contributed by atoms with van der Waals surface area (Å²) in [7, 11) is 0. The van der Waals surface area contributed by atoms with Gasteiger partial charge in [-0.2, -0.15) is 0 Å². The lowest BCUT2D eigenvalue weighted by Gasteiger charge is -2.28. The van der Waals surface area contributed by atoms with E-state index in [0.29, 0.717) is 32.2 Å². The minimum absolute atomic E-state index is 0.0382. The van der Waals surface area contributed by atoms with Gasteiger partial charge in [0.2, 0.25) is 0 Å². The number of rotatable bonds is 6. The summed E-state index contributed by atoms with van der Waals surface area (Å²) < 4.78 is 9.88. The molecule has 0 saturated carbocycles. The topological polar surface area (TPSA) is 64.6 Å². The van der Waals surface area contributed by atoms with Crippen LogP contribution in [0.25, 0.3) is 0 Å². The zero-order chi connectivity index (χ0) is 13.4. The van der Waals surface area contributed by atoms with Crippen LogP contribution in [0, 0.1) is 5.92 Å². The fourth-order valence-corrected chi connectivity index (χ4v) is 2.15. The summed E-state index contributed by atoms with van der Waals surface area (Å²) >= 11 is 0. The average Bonchev–Trinajstić information content (AvgIpc) is 2.37. The van der Waals surface area contributed by atoms with Crippen LogP contribution >= 0.6 is 0 Å². The summed E-state index contributed by atoms with van der Waals surface area (Å²) in [6.07, 6.45) is 2.95. The number of ether oxygens (including phenoxy) is 2. The maximum atomic E-state index is 11.5. The van der Waals surface area contributed by atoms with Gasteiger partial charge in [0, 0.05) is 19.0 Å². The second-order valence-corrected chi connectivity index (χ2v) is 4.48. The Morgan fingerprint density at radius 3 is 2.44 bits per heavy atom. The maximum absolute atomic E-state index is 11.5. The van der Waals surface area contributed by atoms with Crippen LogP contribution in [-0.4, -0.2) is 37.7 Å². The normalized spacial score (nSPS) is 23.4. The molecule has 1 aliphatic heterocycles. The second kappa shape index (κ2) is 8.08. The lowest BCUT2D eigenvalue weighted by molar-refractivity contribution is -0.149. The van der Waals surface area contributed by atoms with Crippen molar-refractivity contribution in [2.45, 2.75) is 45.6 Å². The molecule has 0 spiro atoms. The molecule has 0 aromatic heterocycles. The molecule has 5 nitrogen and oxygen atoms in total. The SMILES string of the molecule is CCOC(=O)CCC1CCC(C(=O)OCC)CN1. The predicted molar refractivity (Wildman–Crippen MR) is 67.0 cm³/mol. The highest BCUT2D eigenvalue weighted by atomic mass is 16.5. The monoisotopic (exact) mass is 257 g/mol. The molecule has 2 atom stereocenters. The Morgan fingerprint density at radius 1 is 1.17 bits per heavy atom. The first-order valence-corrected chi connectivity index (χ1v) is 6.73. The van der Waals surface area contributed by atoms with Crippen LogP contribution in [0.2, 0.25) is 0 Å². The molecule has 104 valence electrons. The van der Waals surface area contributed by atoms with Crippen LogP contribution in [0.1, 0.15) is 39.5 Å². The van der Waals surface area contributed by atoms with Gasteiger partial charge in [0.15, 0.2) is 0 Å². The van der Waals surface area contributed by atoms with E-state index in [4.69, 9.17) is 9.47 Å². The van der Waals surface area contributed by atoms with Gasteiger partial charge in [0.1, 0.15) is 0 Å². The molecule has 1 aliphatic rings. The maximum Gasteiger partial charge on any atom is 0.310 e. The molecule has 0 bridgehead atoms. The van der Waals surface area contributed by atoms with Crippen molar-refractivity contribution in [3.8, 4) is 0 Å². The molecular formula is C13H23NO4. The van der Waals surface area contributed by atoms with Crippen LogP contribution < -0.4 is 5.32 Å². The van der Waals surface area contributed by atoms with Gasteiger partial charge in [-0.05, 0) is 33.1 Å². The lowest BCUT2D eigenvalue weighted by Crippen LogP contribution is -2.42. The summed E-state index contributed by atoms with van der Waals surface area (Å²) in [6, 6.07) is 0.306. The van der Waals surface area contributed by atoms with Crippen molar-refractivity contribution in [2.24, 2.45) is 5.92 Å². The zero-order valence-electron chi connectivity index (χ0n) is 11.2. The first-order chi connectivity index (χ1) is 8.67. The summed E-state index contributed by atoms with van der Waals surface area (Å²) in [5.74, 6) is -0.301. The van der Waals surface area contributed by atoms with E-state index in [-0.39, 0.29) is 17.9 Å². The zero-order valence-corrected chi connectivity index (χ0v) is 11.2.